The number of carbonyl (C=O) groups is 1. The summed E-state index contributed by atoms with van der Waals surface area (Å²) in [6.45, 7) is 0.495. The lowest BCUT2D eigenvalue weighted by molar-refractivity contribution is -0.121. The minimum atomic E-state index is 0.0104. The summed E-state index contributed by atoms with van der Waals surface area (Å²) in [5, 5.41) is 16.6. The van der Waals surface area contributed by atoms with Gasteiger partial charge in [-0.15, -0.1) is 10.2 Å². The molecule has 122 valence electrons. The number of H-pyrrole nitrogens is 1. The third kappa shape index (κ3) is 4.25. The number of nitrogens with zero attached hydrogens (tertiary/aromatic N) is 3. The van der Waals surface area contributed by atoms with E-state index in [1.807, 2.05) is 36.4 Å². The summed E-state index contributed by atoms with van der Waals surface area (Å²) in [4.78, 5) is 12.4. The van der Waals surface area contributed by atoms with Crippen LogP contribution in [-0.4, -0.2) is 33.1 Å². The fourth-order valence-electron chi connectivity index (χ4n) is 2.66. The zero-order valence-corrected chi connectivity index (χ0v) is 13.2. The van der Waals surface area contributed by atoms with Crippen LogP contribution in [0.1, 0.15) is 29.3 Å². The molecule has 1 amide bonds. The maximum absolute atomic E-state index is 12.4. The van der Waals surface area contributed by atoms with Crippen molar-refractivity contribution in [3.8, 4) is 0 Å². The highest BCUT2D eigenvalue weighted by Gasteiger charge is 2.17. The van der Waals surface area contributed by atoms with Crippen LogP contribution in [0.25, 0.3) is 0 Å². The number of benzene rings is 2. The van der Waals surface area contributed by atoms with Crippen LogP contribution in [0.4, 0.5) is 0 Å². The van der Waals surface area contributed by atoms with E-state index in [0.717, 1.165) is 11.1 Å². The highest BCUT2D eigenvalue weighted by molar-refractivity contribution is 5.77. The van der Waals surface area contributed by atoms with Crippen LogP contribution in [0, 0.1) is 0 Å². The number of hydrogen-bond acceptors (Lipinski definition) is 4. The Balaban J connectivity index is 1.64. The largest absolute Gasteiger partial charge is 0.356 e. The number of rotatable bonds is 7. The molecular weight excluding hydrogens is 302 g/mol. The van der Waals surface area contributed by atoms with Crippen LogP contribution in [-0.2, 0) is 11.2 Å². The van der Waals surface area contributed by atoms with Crippen molar-refractivity contribution >= 4 is 5.91 Å². The van der Waals surface area contributed by atoms with Crippen molar-refractivity contribution in [1.29, 1.82) is 0 Å². The van der Waals surface area contributed by atoms with E-state index in [0.29, 0.717) is 25.2 Å². The molecule has 0 atom stereocenters. The second-order valence-corrected chi connectivity index (χ2v) is 5.51. The zero-order valence-electron chi connectivity index (χ0n) is 13.2. The number of nitrogens with one attached hydrogen (secondary N) is 2. The molecule has 2 aromatic carbocycles. The minimum absolute atomic E-state index is 0.0104. The zero-order chi connectivity index (χ0) is 16.6. The average Bonchev–Trinajstić information content (AvgIpc) is 3.15. The molecule has 0 fully saturated rings. The SMILES string of the molecule is O=C(CC(c1ccccc1)c1ccccc1)NCCc1nn[nH]n1. The molecule has 0 aliphatic carbocycles. The van der Waals surface area contributed by atoms with Crippen LogP contribution in [0.3, 0.4) is 0 Å². The Bertz CT molecular complexity index is 704. The molecular formula is C18H19N5O. The molecule has 6 heteroatoms. The molecule has 0 bridgehead atoms. The first-order valence-corrected chi connectivity index (χ1v) is 7.92. The first-order chi connectivity index (χ1) is 11.8. The van der Waals surface area contributed by atoms with Crippen LogP contribution in [0.15, 0.2) is 60.7 Å². The van der Waals surface area contributed by atoms with Crippen LogP contribution in [0.2, 0.25) is 0 Å². The number of hydrogen-bond donors (Lipinski definition) is 2. The maximum atomic E-state index is 12.4. The van der Waals surface area contributed by atoms with Crippen molar-refractivity contribution in [1.82, 2.24) is 25.9 Å². The lowest BCUT2D eigenvalue weighted by Crippen LogP contribution is -2.27. The lowest BCUT2D eigenvalue weighted by Gasteiger charge is -2.17. The van der Waals surface area contributed by atoms with Crippen molar-refractivity contribution in [3.05, 3.63) is 77.6 Å². The summed E-state index contributed by atoms with van der Waals surface area (Å²) in [7, 11) is 0. The highest BCUT2D eigenvalue weighted by Crippen LogP contribution is 2.27. The van der Waals surface area contributed by atoms with Crippen molar-refractivity contribution in [3.63, 3.8) is 0 Å². The van der Waals surface area contributed by atoms with Gasteiger partial charge in [0.1, 0.15) is 0 Å². The van der Waals surface area contributed by atoms with E-state index < -0.39 is 0 Å². The van der Waals surface area contributed by atoms with E-state index in [1.165, 1.54) is 0 Å². The van der Waals surface area contributed by atoms with Gasteiger partial charge in [0.15, 0.2) is 5.82 Å². The number of aromatic nitrogens is 4. The van der Waals surface area contributed by atoms with Crippen molar-refractivity contribution in [2.24, 2.45) is 0 Å². The average molecular weight is 321 g/mol. The second-order valence-electron chi connectivity index (χ2n) is 5.51. The monoisotopic (exact) mass is 321 g/mol. The second kappa shape index (κ2) is 8.01. The fourth-order valence-corrected chi connectivity index (χ4v) is 2.66. The summed E-state index contributed by atoms with van der Waals surface area (Å²) in [6, 6.07) is 20.2. The Hall–Kier alpha value is -3.02. The van der Waals surface area contributed by atoms with Gasteiger partial charge >= 0.3 is 0 Å². The molecule has 1 heterocycles. The van der Waals surface area contributed by atoms with Crippen LogP contribution in [0.5, 0.6) is 0 Å². The van der Waals surface area contributed by atoms with Gasteiger partial charge in [0.25, 0.3) is 0 Å². The van der Waals surface area contributed by atoms with Crippen LogP contribution >= 0.6 is 0 Å². The van der Waals surface area contributed by atoms with E-state index in [1.54, 1.807) is 0 Å². The van der Waals surface area contributed by atoms with E-state index in [9.17, 15) is 4.79 Å². The fraction of sp³-hybridized carbons (Fsp3) is 0.222. The summed E-state index contributed by atoms with van der Waals surface area (Å²) < 4.78 is 0. The van der Waals surface area contributed by atoms with Crippen LogP contribution < -0.4 is 5.32 Å². The predicted molar refractivity (Wildman–Crippen MR) is 90.2 cm³/mol. The molecule has 2 N–H and O–H groups in total. The summed E-state index contributed by atoms with van der Waals surface area (Å²) in [5.74, 6) is 0.645. The summed E-state index contributed by atoms with van der Waals surface area (Å²) in [6.07, 6.45) is 0.962. The molecule has 0 radical (unpaired) electrons. The molecule has 0 saturated heterocycles. The van der Waals surface area contributed by atoms with Gasteiger partial charge in [0, 0.05) is 25.3 Å². The molecule has 0 saturated carbocycles. The van der Waals surface area contributed by atoms with Gasteiger partial charge in [-0.25, -0.2) is 0 Å². The molecule has 0 unspecified atom stereocenters. The number of amides is 1. The predicted octanol–water partition coefficient (Wildman–Crippen LogP) is 2.08. The molecule has 3 rings (SSSR count). The number of carbonyl (C=O) groups excluding carboxylic acids is 1. The Kier molecular flexibility index (Phi) is 5.29. The smallest absolute Gasteiger partial charge is 0.220 e. The lowest BCUT2D eigenvalue weighted by atomic mass is 9.88. The van der Waals surface area contributed by atoms with Gasteiger partial charge in [-0.2, -0.15) is 5.21 Å². The number of aromatic amines is 1. The van der Waals surface area contributed by atoms with E-state index in [2.05, 4.69) is 50.2 Å². The highest BCUT2D eigenvalue weighted by atomic mass is 16.1. The van der Waals surface area contributed by atoms with Crippen molar-refractivity contribution in [2.45, 2.75) is 18.8 Å². The Labute approximate surface area is 140 Å². The van der Waals surface area contributed by atoms with Gasteiger partial charge in [-0.05, 0) is 11.1 Å². The Morgan fingerprint density at radius 2 is 1.62 bits per heavy atom. The minimum Gasteiger partial charge on any atom is -0.356 e. The molecule has 0 aliphatic heterocycles. The van der Waals surface area contributed by atoms with Gasteiger partial charge in [-0.3, -0.25) is 4.79 Å². The first-order valence-electron chi connectivity index (χ1n) is 7.92. The standard InChI is InChI=1S/C18H19N5O/c24-18(19-12-11-17-20-22-23-21-17)13-16(14-7-3-1-4-8-14)15-9-5-2-6-10-15/h1-10,16H,11-13H2,(H,19,24)(H,20,21,22,23). The maximum Gasteiger partial charge on any atom is 0.220 e. The van der Waals surface area contributed by atoms with E-state index in [-0.39, 0.29) is 11.8 Å². The van der Waals surface area contributed by atoms with Gasteiger partial charge in [0.2, 0.25) is 5.91 Å². The van der Waals surface area contributed by atoms with E-state index >= 15 is 0 Å². The molecule has 6 nitrogen and oxygen atoms in total. The quantitative estimate of drug-likeness (QED) is 0.698. The normalized spacial score (nSPS) is 10.7. The summed E-state index contributed by atoms with van der Waals surface area (Å²) >= 11 is 0. The molecule has 0 aliphatic rings. The van der Waals surface area contributed by atoms with Gasteiger partial charge in [0.05, 0.1) is 0 Å². The van der Waals surface area contributed by atoms with Crippen molar-refractivity contribution in [2.75, 3.05) is 6.54 Å². The van der Waals surface area contributed by atoms with Gasteiger partial charge in [-0.1, -0.05) is 65.9 Å². The Morgan fingerprint density at radius 1 is 1.00 bits per heavy atom. The van der Waals surface area contributed by atoms with Gasteiger partial charge < -0.3 is 5.32 Å². The van der Waals surface area contributed by atoms with E-state index in [4.69, 9.17) is 0 Å². The topological polar surface area (TPSA) is 83.6 Å². The Morgan fingerprint density at radius 3 is 2.17 bits per heavy atom. The third-order valence-electron chi connectivity index (χ3n) is 3.85. The molecule has 1 aromatic heterocycles. The molecule has 0 spiro atoms. The molecule has 3 aromatic rings. The third-order valence-corrected chi connectivity index (χ3v) is 3.85. The number of tetrazole rings is 1. The van der Waals surface area contributed by atoms with Crippen molar-refractivity contribution < 1.29 is 4.79 Å². The summed E-state index contributed by atoms with van der Waals surface area (Å²) in [5.41, 5.74) is 2.27. The first kappa shape index (κ1) is 15.9. The molecule has 24 heavy (non-hydrogen) atoms.